The molecule has 3 rings (SSSR count). The zero-order valence-corrected chi connectivity index (χ0v) is 14.6. The summed E-state index contributed by atoms with van der Waals surface area (Å²) in [6.45, 7) is 0. The largest absolute Gasteiger partial charge is 0.321 e. The number of carbonyl (C=O) groups excluding carboxylic acids is 1. The fourth-order valence-electron chi connectivity index (χ4n) is 1.98. The van der Waals surface area contributed by atoms with Gasteiger partial charge >= 0.3 is 0 Å². The van der Waals surface area contributed by atoms with Crippen molar-refractivity contribution in [3.63, 3.8) is 0 Å². The third-order valence-electron chi connectivity index (χ3n) is 2.99. The maximum absolute atomic E-state index is 12.4. The molecule has 0 radical (unpaired) electrons. The molecule has 1 aromatic heterocycles. The van der Waals surface area contributed by atoms with Crippen molar-refractivity contribution in [2.75, 3.05) is 5.32 Å². The van der Waals surface area contributed by atoms with Gasteiger partial charge in [0, 0.05) is 15.8 Å². The predicted molar refractivity (Wildman–Crippen MR) is 96.3 cm³/mol. The molecule has 0 unspecified atom stereocenters. The second-order valence-corrected chi connectivity index (χ2v) is 7.09. The third kappa shape index (κ3) is 2.92. The SMILES string of the molecule is O=C(Nc1ccc(Cl)c(Cl)c1)c1sc2cccc(Cl)c2c1Cl. The molecular formula is C15H7Cl4NOS. The highest BCUT2D eigenvalue weighted by atomic mass is 35.5. The molecule has 0 saturated carbocycles. The van der Waals surface area contributed by atoms with Gasteiger partial charge in [-0.2, -0.15) is 0 Å². The van der Waals surface area contributed by atoms with Gasteiger partial charge in [0.05, 0.1) is 20.1 Å². The Morgan fingerprint density at radius 2 is 1.73 bits per heavy atom. The molecule has 0 atom stereocenters. The molecule has 0 aliphatic rings. The molecule has 0 aliphatic heterocycles. The summed E-state index contributed by atoms with van der Waals surface area (Å²) in [7, 11) is 0. The highest BCUT2D eigenvalue weighted by Gasteiger charge is 2.19. The van der Waals surface area contributed by atoms with Crippen LogP contribution in [0.25, 0.3) is 10.1 Å². The van der Waals surface area contributed by atoms with Crippen molar-refractivity contribution < 1.29 is 4.79 Å². The van der Waals surface area contributed by atoms with E-state index in [0.717, 1.165) is 4.70 Å². The number of hydrogen-bond acceptors (Lipinski definition) is 2. The predicted octanol–water partition coefficient (Wildman–Crippen LogP) is 6.77. The van der Waals surface area contributed by atoms with E-state index in [-0.39, 0.29) is 5.91 Å². The van der Waals surface area contributed by atoms with Crippen molar-refractivity contribution in [2.24, 2.45) is 0 Å². The van der Waals surface area contributed by atoms with Crippen molar-refractivity contribution in [1.82, 2.24) is 0 Å². The van der Waals surface area contributed by atoms with Crippen LogP contribution in [0.15, 0.2) is 36.4 Å². The van der Waals surface area contributed by atoms with Crippen molar-refractivity contribution in [2.45, 2.75) is 0 Å². The first-order valence-corrected chi connectivity index (χ1v) is 8.43. The minimum Gasteiger partial charge on any atom is -0.321 e. The van der Waals surface area contributed by atoms with Crippen LogP contribution >= 0.6 is 57.7 Å². The number of amides is 1. The normalized spacial score (nSPS) is 10.9. The van der Waals surface area contributed by atoms with E-state index >= 15 is 0 Å². The zero-order chi connectivity index (χ0) is 15.9. The highest BCUT2D eigenvalue weighted by Crippen LogP contribution is 2.39. The average molecular weight is 391 g/mol. The van der Waals surface area contributed by atoms with E-state index in [0.29, 0.717) is 36.0 Å². The number of benzene rings is 2. The van der Waals surface area contributed by atoms with Crippen molar-refractivity contribution >= 4 is 79.4 Å². The van der Waals surface area contributed by atoms with E-state index in [1.807, 2.05) is 12.1 Å². The summed E-state index contributed by atoms with van der Waals surface area (Å²) in [5.41, 5.74) is 0.541. The zero-order valence-electron chi connectivity index (χ0n) is 10.8. The summed E-state index contributed by atoms with van der Waals surface area (Å²) in [6.07, 6.45) is 0. The van der Waals surface area contributed by atoms with E-state index in [1.54, 1.807) is 24.3 Å². The quantitative estimate of drug-likeness (QED) is 0.514. The molecule has 22 heavy (non-hydrogen) atoms. The van der Waals surface area contributed by atoms with Crippen molar-refractivity contribution in [1.29, 1.82) is 0 Å². The van der Waals surface area contributed by atoms with E-state index in [4.69, 9.17) is 46.4 Å². The Bertz CT molecular complexity index is 891. The molecule has 112 valence electrons. The Morgan fingerprint density at radius 3 is 2.41 bits per heavy atom. The molecule has 0 aliphatic carbocycles. The van der Waals surface area contributed by atoms with Gasteiger partial charge in [-0.3, -0.25) is 4.79 Å². The summed E-state index contributed by atoms with van der Waals surface area (Å²) < 4.78 is 0.858. The van der Waals surface area contributed by atoms with Gasteiger partial charge in [-0.15, -0.1) is 11.3 Å². The minimum atomic E-state index is -0.319. The number of carbonyl (C=O) groups is 1. The molecule has 7 heteroatoms. The number of anilines is 1. The smallest absolute Gasteiger partial charge is 0.267 e. The Kier molecular flexibility index (Phi) is 4.53. The molecule has 1 heterocycles. The number of nitrogens with one attached hydrogen (secondary N) is 1. The Morgan fingerprint density at radius 1 is 0.955 bits per heavy atom. The number of rotatable bonds is 2. The molecule has 0 spiro atoms. The van der Waals surface area contributed by atoms with E-state index in [2.05, 4.69) is 5.32 Å². The number of hydrogen-bond donors (Lipinski definition) is 1. The van der Waals surface area contributed by atoms with Gasteiger partial charge in [-0.1, -0.05) is 52.5 Å². The standard InChI is InChI=1S/C15H7Cl4NOS/c16-8-5-4-7(6-10(8)18)20-15(21)14-13(19)12-9(17)2-1-3-11(12)22-14/h1-6H,(H,20,21). The molecule has 2 aromatic carbocycles. The lowest BCUT2D eigenvalue weighted by atomic mass is 10.2. The summed E-state index contributed by atoms with van der Waals surface area (Å²) in [4.78, 5) is 12.8. The topological polar surface area (TPSA) is 29.1 Å². The molecular weight excluding hydrogens is 384 g/mol. The van der Waals surface area contributed by atoms with Crippen LogP contribution in [0, 0.1) is 0 Å². The molecule has 1 amide bonds. The van der Waals surface area contributed by atoms with Crippen LogP contribution in [0.1, 0.15) is 9.67 Å². The van der Waals surface area contributed by atoms with Gasteiger partial charge in [0.1, 0.15) is 4.88 Å². The first-order chi connectivity index (χ1) is 10.5. The summed E-state index contributed by atoms with van der Waals surface area (Å²) >= 11 is 25.5. The number of thiophene rings is 1. The second-order valence-electron chi connectivity index (χ2n) is 4.44. The summed E-state index contributed by atoms with van der Waals surface area (Å²) in [5.74, 6) is -0.319. The maximum atomic E-state index is 12.4. The van der Waals surface area contributed by atoms with E-state index in [1.165, 1.54) is 11.3 Å². The monoisotopic (exact) mass is 389 g/mol. The number of fused-ring (bicyclic) bond motifs is 1. The first-order valence-electron chi connectivity index (χ1n) is 6.10. The van der Waals surface area contributed by atoms with Gasteiger partial charge in [-0.25, -0.2) is 0 Å². The highest BCUT2D eigenvalue weighted by molar-refractivity contribution is 7.21. The van der Waals surface area contributed by atoms with E-state index in [9.17, 15) is 4.79 Å². The molecule has 0 fully saturated rings. The Hall–Kier alpha value is -0.970. The lowest BCUT2D eigenvalue weighted by Crippen LogP contribution is -2.10. The van der Waals surface area contributed by atoms with Gasteiger partial charge < -0.3 is 5.32 Å². The van der Waals surface area contributed by atoms with Crippen LogP contribution in [0.4, 0.5) is 5.69 Å². The average Bonchev–Trinajstić information content (AvgIpc) is 2.81. The van der Waals surface area contributed by atoms with Crippen molar-refractivity contribution in [3.8, 4) is 0 Å². The molecule has 3 aromatic rings. The van der Waals surface area contributed by atoms with Crippen LogP contribution < -0.4 is 5.32 Å². The lowest BCUT2D eigenvalue weighted by molar-refractivity contribution is 0.103. The fraction of sp³-hybridized carbons (Fsp3) is 0. The van der Waals surface area contributed by atoms with Gasteiger partial charge in [-0.05, 0) is 30.3 Å². The van der Waals surface area contributed by atoms with Crippen LogP contribution in [0.3, 0.4) is 0 Å². The minimum absolute atomic E-state index is 0.319. The van der Waals surface area contributed by atoms with Gasteiger partial charge in [0.2, 0.25) is 0 Å². The maximum Gasteiger partial charge on any atom is 0.267 e. The lowest BCUT2D eigenvalue weighted by Gasteiger charge is -2.05. The molecule has 0 saturated heterocycles. The molecule has 1 N–H and O–H groups in total. The second kappa shape index (κ2) is 6.26. The summed E-state index contributed by atoms with van der Waals surface area (Å²) in [5, 5.41) is 5.10. The fourth-order valence-corrected chi connectivity index (χ4v) is 4.13. The summed E-state index contributed by atoms with van der Waals surface area (Å²) in [6, 6.07) is 10.3. The van der Waals surface area contributed by atoms with Crippen molar-refractivity contribution in [3.05, 3.63) is 61.4 Å². The molecule has 2 nitrogen and oxygen atoms in total. The Balaban J connectivity index is 1.97. The molecule has 0 bridgehead atoms. The van der Waals surface area contributed by atoms with Gasteiger partial charge in [0.15, 0.2) is 0 Å². The van der Waals surface area contributed by atoms with Crippen LogP contribution in [0.5, 0.6) is 0 Å². The van der Waals surface area contributed by atoms with Crippen LogP contribution in [0.2, 0.25) is 20.1 Å². The third-order valence-corrected chi connectivity index (χ3v) is 5.69. The van der Waals surface area contributed by atoms with E-state index < -0.39 is 0 Å². The van der Waals surface area contributed by atoms with Crippen LogP contribution in [-0.4, -0.2) is 5.91 Å². The number of halogens is 4. The Labute approximate surface area is 150 Å². The van der Waals surface area contributed by atoms with Gasteiger partial charge in [0.25, 0.3) is 5.91 Å². The van der Waals surface area contributed by atoms with Crippen LogP contribution in [-0.2, 0) is 0 Å². The first kappa shape index (κ1) is 15.9.